The van der Waals surface area contributed by atoms with Gasteiger partial charge in [0.05, 0.1) is 12.6 Å². The van der Waals surface area contributed by atoms with Crippen molar-refractivity contribution in [2.24, 2.45) is 5.73 Å². The van der Waals surface area contributed by atoms with Crippen LogP contribution in [0.4, 0.5) is 0 Å². The number of ether oxygens (including phenoxy) is 2. The van der Waals surface area contributed by atoms with Gasteiger partial charge in [-0.15, -0.1) is 0 Å². The smallest absolute Gasteiger partial charge is 0.176 e. The summed E-state index contributed by atoms with van der Waals surface area (Å²) >= 11 is 0. The van der Waals surface area contributed by atoms with Crippen molar-refractivity contribution in [1.29, 1.82) is 0 Å². The van der Waals surface area contributed by atoms with Crippen LogP contribution in [0.1, 0.15) is 0 Å². The van der Waals surface area contributed by atoms with E-state index in [0.29, 0.717) is 0 Å². The zero-order valence-electron chi connectivity index (χ0n) is 12.0. The summed E-state index contributed by atoms with van der Waals surface area (Å²) in [4.78, 5) is 0. The molecule has 1 aliphatic carbocycles. The SMILES string of the molecule is N[C@H]1[C@@H](OC2[C@@H](O)[C@@H](O)C(O)[C@H](O)[C@H]2O)O[C@H](CO)[C@@H](O)[C@@H]1O. The van der Waals surface area contributed by atoms with Gasteiger partial charge in [0, 0.05) is 0 Å². The third-order valence-electron chi connectivity index (χ3n) is 4.29. The first-order valence-corrected chi connectivity index (χ1v) is 7.14. The third kappa shape index (κ3) is 3.36. The predicted molar refractivity (Wildman–Crippen MR) is 70.6 cm³/mol. The molecule has 0 bridgehead atoms. The lowest BCUT2D eigenvalue weighted by atomic mass is 9.84. The molecule has 136 valence electrons. The highest BCUT2D eigenvalue weighted by Crippen LogP contribution is 2.28. The molecule has 2 fully saturated rings. The predicted octanol–water partition coefficient (Wildman–Crippen LogP) is -6.04. The molecule has 0 spiro atoms. The average Bonchev–Trinajstić information content (AvgIpc) is 2.54. The Morgan fingerprint density at radius 3 is 1.70 bits per heavy atom. The van der Waals surface area contributed by atoms with E-state index in [1.54, 1.807) is 0 Å². The molecule has 10 N–H and O–H groups in total. The van der Waals surface area contributed by atoms with Crippen molar-refractivity contribution in [3.63, 3.8) is 0 Å². The van der Waals surface area contributed by atoms with Crippen LogP contribution in [0.2, 0.25) is 0 Å². The average molecular weight is 341 g/mol. The van der Waals surface area contributed by atoms with E-state index in [0.717, 1.165) is 0 Å². The van der Waals surface area contributed by atoms with Gasteiger partial charge in [0.2, 0.25) is 0 Å². The van der Waals surface area contributed by atoms with Crippen LogP contribution in [0.3, 0.4) is 0 Å². The molecule has 2 aliphatic rings. The summed E-state index contributed by atoms with van der Waals surface area (Å²) in [7, 11) is 0. The lowest BCUT2D eigenvalue weighted by molar-refractivity contribution is -0.316. The first-order chi connectivity index (χ1) is 10.7. The molecular formula is C12H23NO10. The summed E-state index contributed by atoms with van der Waals surface area (Å²) in [5.74, 6) is 0. The van der Waals surface area contributed by atoms with Crippen LogP contribution in [-0.2, 0) is 9.47 Å². The largest absolute Gasteiger partial charge is 0.394 e. The van der Waals surface area contributed by atoms with Crippen LogP contribution in [0.5, 0.6) is 0 Å². The van der Waals surface area contributed by atoms with Crippen molar-refractivity contribution in [2.45, 2.75) is 67.3 Å². The monoisotopic (exact) mass is 341 g/mol. The highest BCUT2D eigenvalue weighted by atomic mass is 16.7. The van der Waals surface area contributed by atoms with Crippen molar-refractivity contribution in [2.75, 3.05) is 6.61 Å². The van der Waals surface area contributed by atoms with Crippen molar-refractivity contribution in [1.82, 2.24) is 0 Å². The Balaban J connectivity index is 2.13. The maximum absolute atomic E-state index is 9.89. The van der Waals surface area contributed by atoms with E-state index < -0.39 is 73.9 Å². The molecule has 1 saturated carbocycles. The van der Waals surface area contributed by atoms with Gasteiger partial charge in [0.15, 0.2) is 6.29 Å². The fourth-order valence-electron chi connectivity index (χ4n) is 2.74. The van der Waals surface area contributed by atoms with E-state index in [-0.39, 0.29) is 0 Å². The van der Waals surface area contributed by atoms with Gasteiger partial charge in [-0.05, 0) is 0 Å². The van der Waals surface area contributed by atoms with Crippen LogP contribution in [0.25, 0.3) is 0 Å². The lowest BCUT2D eigenvalue weighted by Gasteiger charge is -2.46. The molecule has 23 heavy (non-hydrogen) atoms. The zero-order chi connectivity index (χ0) is 17.5. The number of nitrogens with two attached hydrogens (primary N) is 1. The minimum absolute atomic E-state index is 0.648. The van der Waals surface area contributed by atoms with Crippen molar-refractivity contribution >= 4 is 0 Å². The molecule has 0 amide bonds. The standard InChI is InChI=1S/C12H23NO10/c13-3-5(16)4(15)2(1-14)22-12(3)23-11-9(20)7(18)6(17)8(19)10(11)21/h2-12,14-21H,1,13H2/t2-,3-,4-,5-,6?,7+,8+,9-,10+,11?,12-/m1/s1. The Labute approximate surface area is 131 Å². The Morgan fingerprint density at radius 2 is 1.22 bits per heavy atom. The Morgan fingerprint density at radius 1 is 0.739 bits per heavy atom. The van der Waals surface area contributed by atoms with Gasteiger partial charge in [-0.3, -0.25) is 0 Å². The number of aliphatic hydroxyl groups excluding tert-OH is 8. The second-order valence-electron chi connectivity index (χ2n) is 5.84. The second kappa shape index (κ2) is 7.21. The highest BCUT2D eigenvalue weighted by Gasteiger charge is 2.52. The van der Waals surface area contributed by atoms with Gasteiger partial charge in [-0.2, -0.15) is 0 Å². The second-order valence-corrected chi connectivity index (χ2v) is 5.84. The molecule has 11 nitrogen and oxygen atoms in total. The first-order valence-electron chi connectivity index (χ1n) is 7.14. The van der Waals surface area contributed by atoms with Crippen molar-refractivity contribution < 1.29 is 50.3 Å². The van der Waals surface area contributed by atoms with Crippen molar-refractivity contribution in [3.8, 4) is 0 Å². The fraction of sp³-hybridized carbons (Fsp3) is 1.00. The summed E-state index contributed by atoms with van der Waals surface area (Å²) in [6.07, 6.45) is -16.1. The maximum Gasteiger partial charge on any atom is 0.176 e. The molecule has 11 heteroatoms. The van der Waals surface area contributed by atoms with E-state index in [4.69, 9.17) is 20.3 Å². The van der Waals surface area contributed by atoms with E-state index in [2.05, 4.69) is 0 Å². The van der Waals surface area contributed by atoms with Crippen LogP contribution >= 0.6 is 0 Å². The minimum atomic E-state index is -1.79. The summed E-state index contributed by atoms with van der Waals surface area (Å²) in [6, 6.07) is -1.28. The summed E-state index contributed by atoms with van der Waals surface area (Å²) < 4.78 is 10.4. The molecule has 0 aromatic heterocycles. The Bertz CT molecular complexity index is 382. The molecule has 1 aliphatic heterocycles. The highest BCUT2D eigenvalue weighted by molar-refractivity contribution is 5.00. The van der Waals surface area contributed by atoms with Crippen LogP contribution in [-0.4, -0.2) is 115 Å². The number of hydrogen-bond donors (Lipinski definition) is 9. The first kappa shape index (κ1) is 18.9. The maximum atomic E-state index is 9.89. The Kier molecular flexibility index (Phi) is 5.92. The molecule has 1 heterocycles. The third-order valence-corrected chi connectivity index (χ3v) is 4.29. The van der Waals surface area contributed by atoms with Gasteiger partial charge in [0.25, 0.3) is 0 Å². The molecule has 2 unspecified atom stereocenters. The van der Waals surface area contributed by atoms with Gasteiger partial charge in [-0.1, -0.05) is 0 Å². The van der Waals surface area contributed by atoms with Crippen LogP contribution in [0, 0.1) is 0 Å². The summed E-state index contributed by atoms with van der Waals surface area (Å²) in [5.41, 5.74) is 5.66. The van der Waals surface area contributed by atoms with E-state index >= 15 is 0 Å². The van der Waals surface area contributed by atoms with Crippen molar-refractivity contribution in [3.05, 3.63) is 0 Å². The zero-order valence-corrected chi connectivity index (χ0v) is 12.0. The van der Waals surface area contributed by atoms with Gasteiger partial charge in [0.1, 0.15) is 54.9 Å². The lowest BCUT2D eigenvalue weighted by Crippen LogP contribution is -2.68. The number of aliphatic hydroxyl groups is 8. The van der Waals surface area contributed by atoms with E-state index in [1.807, 2.05) is 0 Å². The summed E-state index contributed by atoms with van der Waals surface area (Å²) in [5, 5.41) is 77.1. The van der Waals surface area contributed by atoms with E-state index in [1.165, 1.54) is 0 Å². The van der Waals surface area contributed by atoms with Gasteiger partial charge in [-0.25, -0.2) is 0 Å². The molecule has 11 atom stereocenters. The number of hydrogen-bond acceptors (Lipinski definition) is 11. The molecule has 0 aromatic rings. The topological polar surface area (TPSA) is 206 Å². The molecule has 0 radical (unpaired) electrons. The van der Waals surface area contributed by atoms with Gasteiger partial charge >= 0.3 is 0 Å². The molecular weight excluding hydrogens is 318 g/mol. The van der Waals surface area contributed by atoms with Crippen LogP contribution in [0.15, 0.2) is 0 Å². The normalized spacial score (nSPS) is 54.9. The van der Waals surface area contributed by atoms with Gasteiger partial charge < -0.3 is 56.1 Å². The van der Waals surface area contributed by atoms with Crippen LogP contribution < -0.4 is 5.73 Å². The molecule has 2 rings (SSSR count). The summed E-state index contributed by atoms with van der Waals surface area (Å²) in [6.45, 7) is -0.648. The van der Waals surface area contributed by atoms with E-state index in [9.17, 15) is 35.7 Å². The fourth-order valence-corrected chi connectivity index (χ4v) is 2.74. The molecule has 1 saturated heterocycles. The number of rotatable bonds is 3. The quantitative estimate of drug-likeness (QED) is 0.236. The minimum Gasteiger partial charge on any atom is -0.394 e. The molecule has 0 aromatic carbocycles. The Hall–Kier alpha value is -0.440.